The van der Waals surface area contributed by atoms with Gasteiger partial charge >= 0.3 is 0 Å². The van der Waals surface area contributed by atoms with E-state index in [0.717, 1.165) is 18.6 Å². The highest BCUT2D eigenvalue weighted by atomic mass is 15.3. The predicted molar refractivity (Wildman–Crippen MR) is 58.2 cm³/mol. The van der Waals surface area contributed by atoms with Crippen molar-refractivity contribution in [2.45, 2.75) is 20.0 Å². The van der Waals surface area contributed by atoms with Crippen LogP contribution >= 0.6 is 0 Å². The smallest absolute Gasteiger partial charge is 0.0926 e. The normalized spacial score (nSPS) is 11.0. The Morgan fingerprint density at radius 3 is 3.00 bits per heavy atom. The fourth-order valence-corrected chi connectivity index (χ4v) is 1.59. The van der Waals surface area contributed by atoms with E-state index < -0.39 is 0 Å². The van der Waals surface area contributed by atoms with Crippen molar-refractivity contribution in [1.29, 1.82) is 0 Å². The van der Waals surface area contributed by atoms with E-state index in [2.05, 4.69) is 41.7 Å². The van der Waals surface area contributed by atoms with Gasteiger partial charge in [0.05, 0.1) is 5.52 Å². The van der Waals surface area contributed by atoms with Crippen LogP contribution in [0, 0.1) is 0 Å². The second kappa shape index (κ2) is 3.80. The van der Waals surface area contributed by atoms with Gasteiger partial charge in [-0.1, -0.05) is 12.1 Å². The van der Waals surface area contributed by atoms with Crippen LogP contribution in [0.5, 0.6) is 0 Å². The van der Waals surface area contributed by atoms with E-state index in [1.54, 1.807) is 0 Å². The van der Waals surface area contributed by atoms with Crippen molar-refractivity contribution in [2.75, 3.05) is 7.05 Å². The Bertz CT molecular complexity index is 431. The fourth-order valence-electron chi connectivity index (χ4n) is 1.59. The highest BCUT2D eigenvalue weighted by Gasteiger charge is 2.00. The average molecular weight is 189 g/mol. The van der Waals surface area contributed by atoms with Crippen molar-refractivity contribution < 1.29 is 0 Å². The number of benzene rings is 1. The lowest BCUT2D eigenvalue weighted by Crippen LogP contribution is -2.04. The molecule has 0 saturated heterocycles. The van der Waals surface area contributed by atoms with Gasteiger partial charge in [-0.15, -0.1) is 0 Å². The maximum absolute atomic E-state index is 4.46. The molecule has 2 rings (SSSR count). The molecule has 0 fully saturated rings. The molecule has 0 spiro atoms. The molecule has 0 amide bonds. The zero-order chi connectivity index (χ0) is 9.97. The molecule has 0 aliphatic carbocycles. The van der Waals surface area contributed by atoms with E-state index in [-0.39, 0.29) is 0 Å². The van der Waals surface area contributed by atoms with Crippen molar-refractivity contribution in [2.24, 2.45) is 0 Å². The molecule has 0 saturated carbocycles. The van der Waals surface area contributed by atoms with Crippen LogP contribution < -0.4 is 5.32 Å². The van der Waals surface area contributed by atoms with E-state index in [9.17, 15) is 0 Å². The van der Waals surface area contributed by atoms with Crippen molar-refractivity contribution in [3.05, 3.63) is 30.0 Å². The van der Waals surface area contributed by atoms with Crippen LogP contribution in [-0.4, -0.2) is 16.8 Å². The van der Waals surface area contributed by atoms with Crippen LogP contribution in [0.2, 0.25) is 0 Å². The maximum Gasteiger partial charge on any atom is 0.0926 e. The summed E-state index contributed by atoms with van der Waals surface area (Å²) in [6.07, 6.45) is 2.08. The molecule has 0 aliphatic heterocycles. The Morgan fingerprint density at radius 1 is 1.43 bits per heavy atom. The summed E-state index contributed by atoms with van der Waals surface area (Å²) in [5.74, 6) is 0. The second-order valence-corrected chi connectivity index (χ2v) is 3.41. The number of hydrogen-bond donors (Lipinski definition) is 1. The molecule has 1 aromatic heterocycles. The third-order valence-corrected chi connectivity index (χ3v) is 2.32. The molecule has 1 aromatic carbocycles. The Kier molecular flexibility index (Phi) is 2.50. The quantitative estimate of drug-likeness (QED) is 0.797. The maximum atomic E-state index is 4.46. The zero-order valence-corrected chi connectivity index (χ0v) is 8.62. The number of aryl methyl sites for hydroxylation is 1. The second-order valence-electron chi connectivity index (χ2n) is 3.41. The lowest BCUT2D eigenvalue weighted by Gasteiger charge is -1.98. The van der Waals surface area contributed by atoms with E-state index in [1.165, 1.54) is 10.9 Å². The van der Waals surface area contributed by atoms with Crippen LogP contribution in [0.1, 0.15) is 12.5 Å². The first-order chi connectivity index (χ1) is 6.83. The fraction of sp³-hybridized carbons (Fsp3) is 0.364. The number of nitrogens with zero attached hydrogens (tertiary/aromatic N) is 2. The van der Waals surface area contributed by atoms with Crippen molar-refractivity contribution in [3.8, 4) is 0 Å². The first-order valence-electron chi connectivity index (χ1n) is 4.94. The topological polar surface area (TPSA) is 29.9 Å². The zero-order valence-electron chi connectivity index (χ0n) is 8.62. The molecule has 0 bridgehead atoms. The molecule has 1 N–H and O–H groups in total. The lowest BCUT2D eigenvalue weighted by atomic mass is 10.2. The van der Waals surface area contributed by atoms with Crippen molar-refractivity contribution in [3.63, 3.8) is 0 Å². The molecule has 14 heavy (non-hydrogen) atoms. The average Bonchev–Trinajstić information content (AvgIpc) is 2.60. The Labute approximate surface area is 83.7 Å². The van der Waals surface area contributed by atoms with Gasteiger partial charge in [0.25, 0.3) is 0 Å². The van der Waals surface area contributed by atoms with E-state index in [0.29, 0.717) is 0 Å². The summed E-state index contributed by atoms with van der Waals surface area (Å²) in [7, 11) is 1.95. The van der Waals surface area contributed by atoms with Crippen molar-refractivity contribution in [1.82, 2.24) is 15.1 Å². The van der Waals surface area contributed by atoms with Gasteiger partial charge in [0, 0.05) is 24.7 Å². The molecule has 0 radical (unpaired) electrons. The summed E-state index contributed by atoms with van der Waals surface area (Å²) < 4.78 is 1.97. The molecular formula is C11H15N3. The third-order valence-electron chi connectivity index (χ3n) is 2.32. The van der Waals surface area contributed by atoms with Gasteiger partial charge in [0.1, 0.15) is 0 Å². The van der Waals surface area contributed by atoms with E-state index in [4.69, 9.17) is 0 Å². The SMILES string of the molecule is CCn1cc2ccc(CNC)cc2n1. The number of hydrogen-bond acceptors (Lipinski definition) is 2. The monoisotopic (exact) mass is 189 g/mol. The Morgan fingerprint density at radius 2 is 2.29 bits per heavy atom. The Hall–Kier alpha value is -1.35. The van der Waals surface area contributed by atoms with Crippen LogP contribution in [0.3, 0.4) is 0 Å². The summed E-state index contributed by atoms with van der Waals surface area (Å²) >= 11 is 0. The van der Waals surface area contributed by atoms with Crippen LogP contribution in [0.15, 0.2) is 24.4 Å². The van der Waals surface area contributed by atoms with Crippen LogP contribution in [0.4, 0.5) is 0 Å². The summed E-state index contributed by atoms with van der Waals surface area (Å²) in [4.78, 5) is 0. The van der Waals surface area contributed by atoms with Gasteiger partial charge in [0.2, 0.25) is 0 Å². The van der Waals surface area contributed by atoms with Gasteiger partial charge < -0.3 is 5.32 Å². The van der Waals surface area contributed by atoms with E-state index in [1.807, 2.05) is 11.7 Å². The minimum Gasteiger partial charge on any atom is -0.316 e. The molecule has 1 heterocycles. The predicted octanol–water partition coefficient (Wildman–Crippen LogP) is 1.78. The van der Waals surface area contributed by atoms with Crippen LogP contribution in [0.25, 0.3) is 10.9 Å². The third kappa shape index (κ3) is 1.63. The summed E-state index contributed by atoms with van der Waals surface area (Å²) in [6.45, 7) is 3.92. The van der Waals surface area contributed by atoms with Gasteiger partial charge in [0.15, 0.2) is 0 Å². The minimum absolute atomic E-state index is 0.898. The number of rotatable bonds is 3. The Balaban J connectivity index is 2.43. The number of aromatic nitrogens is 2. The lowest BCUT2D eigenvalue weighted by molar-refractivity contribution is 0.668. The first kappa shape index (κ1) is 9.21. The molecular weight excluding hydrogens is 174 g/mol. The minimum atomic E-state index is 0.898. The van der Waals surface area contributed by atoms with E-state index >= 15 is 0 Å². The standard InChI is InChI=1S/C11H15N3/c1-3-14-8-10-5-4-9(7-12-2)6-11(10)13-14/h4-6,8,12H,3,7H2,1-2H3. The molecule has 0 aliphatic rings. The van der Waals surface area contributed by atoms with Gasteiger partial charge in [-0.05, 0) is 25.6 Å². The van der Waals surface area contributed by atoms with Gasteiger partial charge in [-0.2, -0.15) is 5.10 Å². The van der Waals surface area contributed by atoms with Crippen LogP contribution in [-0.2, 0) is 13.1 Å². The highest BCUT2D eigenvalue weighted by Crippen LogP contribution is 2.14. The highest BCUT2D eigenvalue weighted by molar-refractivity contribution is 5.78. The largest absolute Gasteiger partial charge is 0.316 e. The summed E-state index contributed by atoms with van der Waals surface area (Å²) in [5, 5.41) is 8.81. The van der Waals surface area contributed by atoms with Crippen molar-refractivity contribution >= 4 is 10.9 Å². The molecule has 0 atom stereocenters. The first-order valence-corrected chi connectivity index (χ1v) is 4.94. The molecule has 74 valence electrons. The number of nitrogens with one attached hydrogen (secondary N) is 1. The molecule has 3 nitrogen and oxygen atoms in total. The number of fused-ring (bicyclic) bond motifs is 1. The molecule has 2 aromatic rings. The van der Waals surface area contributed by atoms with Gasteiger partial charge in [-0.25, -0.2) is 0 Å². The van der Waals surface area contributed by atoms with Gasteiger partial charge in [-0.3, -0.25) is 4.68 Å². The summed E-state index contributed by atoms with van der Waals surface area (Å²) in [6, 6.07) is 6.40. The molecule has 0 unspecified atom stereocenters. The summed E-state index contributed by atoms with van der Waals surface area (Å²) in [5.41, 5.74) is 2.36. The molecule has 3 heteroatoms.